The fraction of sp³-hybridized carbons (Fsp3) is 0.333. The van der Waals surface area contributed by atoms with Gasteiger partial charge in [0.05, 0.1) is 12.2 Å². The van der Waals surface area contributed by atoms with E-state index in [1.54, 1.807) is 17.1 Å². The zero-order chi connectivity index (χ0) is 12.1. The summed E-state index contributed by atoms with van der Waals surface area (Å²) < 4.78 is 14.1. The van der Waals surface area contributed by atoms with E-state index in [9.17, 15) is 4.39 Å². The van der Waals surface area contributed by atoms with Crippen LogP contribution < -0.4 is 5.73 Å². The van der Waals surface area contributed by atoms with E-state index in [2.05, 4.69) is 10.1 Å². The Morgan fingerprint density at radius 1 is 1.41 bits per heavy atom. The molecule has 2 aromatic heterocycles. The number of nitrogens with zero attached hydrogens (tertiary/aromatic N) is 3. The molecule has 0 aromatic carbocycles. The molecule has 2 heterocycles. The highest BCUT2D eigenvalue weighted by molar-refractivity contribution is 5.57. The van der Waals surface area contributed by atoms with Gasteiger partial charge in [-0.15, -0.1) is 0 Å². The molecule has 0 aliphatic heterocycles. The molecule has 4 nitrogen and oxygen atoms in total. The molecule has 0 saturated heterocycles. The zero-order valence-corrected chi connectivity index (χ0v) is 9.51. The number of rotatable bonds is 5. The zero-order valence-electron chi connectivity index (χ0n) is 9.51. The minimum Gasteiger partial charge on any atom is -0.330 e. The molecule has 90 valence electrons. The maximum Gasteiger partial charge on any atom is 0.109 e. The third-order valence-electron chi connectivity index (χ3n) is 2.52. The van der Waals surface area contributed by atoms with Crippen LogP contribution in [0.3, 0.4) is 0 Å². The molecule has 0 spiro atoms. The molecule has 0 bridgehead atoms. The maximum atomic E-state index is 12.4. The Morgan fingerprint density at radius 3 is 2.94 bits per heavy atom. The van der Waals surface area contributed by atoms with Gasteiger partial charge in [-0.2, -0.15) is 5.10 Å². The SMILES string of the molecule is NCCc1cc(-c2cccnc2)nn1CCF. The van der Waals surface area contributed by atoms with Gasteiger partial charge in [0.1, 0.15) is 6.67 Å². The van der Waals surface area contributed by atoms with Crippen molar-refractivity contribution >= 4 is 0 Å². The molecule has 0 radical (unpaired) electrons. The standard InChI is InChI=1S/C12H15FN4/c13-4-7-17-11(3-5-14)8-12(16-17)10-2-1-6-15-9-10/h1-2,6,8-9H,3-5,7,14H2. The van der Waals surface area contributed by atoms with Crippen molar-refractivity contribution in [1.29, 1.82) is 0 Å². The molecule has 0 aliphatic carbocycles. The van der Waals surface area contributed by atoms with E-state index in [4.69, 9.17) is 5.73 Å². The third kappa shape index (κ3) is 2.68. The van der Waals surface area contributed by atoms with Crippen LogP contribution in [0, 0.1) is 0 Å². The van der Waals surface area contributed by atoms with E-state index in [0.717, 1.165) is 17.0 Å². The van der Waals surface area contributed by atoms with Gasteiger partial charge in [-0.3, -0.25) is 9.67 Å². The van der Waals surface area contributed by atoms with E-state index in [1.807, 2.05) is 18.2 Å². The molecule has 0 saturated carbocycles. The van der Waals surface area contributed by atoms with Gasteiger partial charge in [0.2, 0.25) is 0 Å². The predicted octanol–water partition coefficient (Wildman–Crippen LogP) is 1.42. The van der Waals surface area contributed by atoms with Gasteiger partial charge in [0, 0.05) is 30.1 Å². The van der Waals surface area contributed by atoms with Gasteiger partial charge >= 0.3 is 0 Å². The Bertz CT molecular complexity index is 443. The lowest BCUT2D eigenvalue weighted by molar-refractivity contribution is 0.420. The van der Waals surface area contributed by atoms with Crippen molar-refractivity contribution in [3.8, 4) is 11.3 Å². The molecule has 2 aromatic rings. The molecule has 0 fully saturated rings. The summed E-state index contributed by atoms with van der Waals surface area (Å²) in [6.45, 7) is 0.381. The minimum atomic E-state index is -0.425. The summed E-state index contributed by atoms with van der Waals surface area (Å²) in [4.78, 5) is 4.04. The summed E-state index contributed by atoms with van der Waals surface area (Å²) >= 11 is 0. The largest absolute Gasteiger partial charge is 0.330 e. The summed E-state index contributed by atoms with van der Waals surface area (Å²) in [5, 5.41) is 4.37. The summed E-state index contributed by atoms with van der Waals surface area (Å²) in [5.41, 5.74) is 8.24. The number of alkyl halides is 1. The van der Waals surface area contributed by atoms with Gasteiger partial charge in [0.15, 0.2) is 0 Å². The molecule has 0 unspecified atom stereocenters. The number of hydrogen-bond donors (Lipinski definition) is 1. The van der Waals surface area contributed by atoms with Crippen molar-refractivity contribution in [1.82, 2.24) is 14.8 Å². The second-order valence-corrected chi connectivity index (χ2v) is 3.71. The summed E-state index contributed by atoms with van der Waals surface area (Å²) in [6.07, 6.45) is 4.16. The first-order chi connectivity index (χ1) is 8.35. The first-order valence-electron chi connectivity index (χ1n) is 5.58. The molecule has 0 aliphatic rings. The van der Waals surface area contributed by atoms with Gasteiger partial charge in [-0.05, 0) is 24.7 Å². The van der Waals surface area contributed by atoms with Crippen LogP contribution in [0.15, 0.2) is 30.6 Å². The lowest BCUT2D eigenvalue weighted by Gasteiger charge is -2.02. The fourth-order valence-corrected chi connectivity index (χ4v) is 1.73. The van der Waals surface area contributed by atoms with Crippen LogP contribution in [0.2, 0.25) is 0 Å². The number of aromatic nitrogens is 3. The van der Waals surface area contributed by atoms with Crippen molar-refractivity contribution in [2.24, 2.45) is 5.73 Å². The van der Waals surface area contributed by atoms with Crippen LogP contribution in [-0.2, 0) is 13.0 Å². The predicted molar refractivity (Wildman–Crippen MR) is 64.2 cm³/mol. The van der Waals surface area contributed by atoms with E-state index in [0.29, 0.717) is 13.0 Å². The highest BCUT2D eigenvalue weighted by Crippen LogP contribution is 2.18. The fourth-order valence-electron chi connectivity index (χ4n) is 1.73. The van der Waals surface area contributed by atoms with Crippen LogP contribution in [0.1, 0.15) is 5.69 Å². The van der Waals surface area contributed by atoms with Gasteiger partial charge in [-0.25, -0.2) is 4.39 Å². The van der Waals surface area contributed by atoms with Crippen LogP contribution in [-0.4, -0.2) is 28.0 Å². The van der Waals surface area contributed by atoms with Gasteiger partial charge in [0.25, 0.3) is 0 Å². The van der Waals surface area contributed by atoms with Gasteiger partial charge < -0.3 is 5.73 Å². The molecule has 2 N–H and O–H groups in total. The lowest BCUT2D eigenvalue weighted by Crippen LogP contribution is -2.11. The highest BCUT2D eigenvalue weighted by atomic mass is 19.1. The molecule has 5 heteroatoms. The number of halogens is 1. The smallest absolute Gasteiger partial charge is 0.109 e. The monoisotopic (exact) mass is 234 g/mol. The lowest BCUT2D eigenvalue weighted by atomic mass is 10.2. The summed E-state index contributed by atoms with van der Waals surface area (Å²) in [6, 6.07) is 5.73. The van der Waals surface area contributed by atoms with E-state index < -0.39 is 6.67 Å². The Hall–Kier alpha value is -1.75. The molecular weight excluding hydrogens is 219 g/mol. The third-order valence-corrected chi connectivity index (χ3v) is 2.52. The second kappa shape index (κ2) is 5.54. The summed E-state index contributed by atoms with van der Waals surface area (Å²) in [5.74, 6) is 0. The Kier molecular flexibility index (Phi) is 3.82. The number of pyridine rings is 1. The average Bonchev–Trinajstić information content (AvgIpc) is 2.75. The molecule has 2 rings (SSSR count). The van der Waals surface area contributed by atoms with Crippen LogP contribution in [0.25, 0.3) is 11.3 Å². The first kappa shape index (κ1) is 11.7. The topological polar surface area (TPSA) is 56.7 Å². The van der Waals surface area contributed by atoms with Crippen molar-refractivity contribution in [3.05, 3.63) is 36.3 Å². The summed E-state index contributed by atoms with van der Waals surface area (Å²) in [7, 11) is 0. The van der Waals surface area contributed by atoms with Crippen molar-refractivity contribution in [2.45, 2.75) is 13.0 Å². The van der Waals surface area contributed by atoms with E-state index in [-0.39, 0.29) is 6.54 Å². The van der Waals surface area contributed by atoms with Crippen molar-refractivity contribution in [2.75, 3.05) is 13.2 Å². The molecule has 0 amide bonds. The average molecular weight is 234 g/mol. The molecule has 17 heavy (non-hydrogen) atoms. The van der Waals surface area contributed by atoms with E-state index >= 15 is 0 Å². The molecular formula is C12H15FN4. The first-order valence-corrected chi connectivity index (χ1v) is 5.58. The van der Waals surface area contributed by atoms with E-state index in [1.165, 1.54) is 0 Å². The van der Waals surface area contributed by atoms with Gasteiger partial charge in [-0.1, -0.05) is 0 Å². The quantitative estimate of drug-likeness (QED) is 0.851. The van der Waals surface area contributed by atoms with Crippen LogP contribution in [0.5, 0.6) is 0 Å². The number of nitrogens with two attached hydrogens (primary N) is 1. The minimum absolute atomic E-state index is 0.273. The van der Waals surface area contributed by atoms with Crippen LogP contribution in [0.4, 0.5) is 4.39 Å². The van der Waals surface area contributed by atoms with Crippen molar-refractivity contribution < 1.29 is 4.39 Å². The number of aryl methyl sites for hydroxylation is 1. The number of hydrogen-bond acceptors (Lipinski definition) is 3. The van der Waals surface area contributed by atoms with Crippen molar-refractivity contribution in [3.63, 3.8) is 0 Å². The maximum absolute atomic E-state index is 12.4. The Morgan fingerprint density at radius 2 is 2.29 bits per heavy atom. The normalized spacial score (nSPS) is 10.7. The Balaban J connectivity index is 2.33. The Labute approximate surface area is 99.3 Å². The molecule has 0 atom stereocenters. The van der Waals surface area contributed by atoms with Crippen LogP contribution >= 0.6 is 0 Å². The highest BCUT2D eigenvalue weighted by Gasteiger charge is 2.08. The second-order valence-electron chi connectivity index (χ2n) is 3.71.